The predicted molar refractivity (Wildman–Crippen MR) is 110 cm³/mol. The minimum atomic E-state index is -1.30. The Morgan fingerprint density at radius 2 is 2.12 bits per heavy atom. The third-order valence-electron chi connectivity index (χ3n) is 5.31. The van der Waals surface area contributed by atoms with Gasteiger partial charge in [0.05, 0.1) is 19.0 Å². The number of aliphatic hydroxyl groups excluding tert-OH is 3. The molecule has 2 aliphatic rings. The minimum Gasteiger partial charge on any atom is -0.394 e. The largest absolute Gasteiger partial charge is 0.394 e. The number of hydrogen-bond acceptors (Lipinski definition) is 10. The molecule has 0 bridgehead atoms. The van der Waals surface area contributed by atoms with Crippen molar-refractivity contribution in [1.29, 1.82) is 5.41 Å². The van der Waals surface area contributed by atoms with Crippen molar-refractivity contribution in [3.8, 4) is 0 Å². The van der Waals surface area contributed by atoms with Crippen LogP contribution in [0.15, 0.2) is 6.33 Å². The van der Waals surface area contributed by atoms with Crippen LogP contribution in [-0.4, -0.2) is 91.8 Å². The van der Waals surface area contributed by atoms with Gasteiger partial charge in [-0.15, -0.1) is 0 Å². The molecule has 1 aromatic rings. The number of unbranched alkanes of at least 4 members (excludes halogenated alkanes) is 1. The highest BCUT2D eigenvalue weighted by molar-refractivity contribution is 6.01. The number of nitrogens with one attached hydrogen (secondary N) is 4. The number of carbonyl (C=O) groups excluding carboxylic acids is 2. The lowest BCUT2D eigenvalue weighted by atomic mass is 10.1. The highest BCUT2D eigenvalue weighted by Gasteiger charge is 2.45. The van der Waals surface area contributed by atoms with Crippen LogP contribution in [0.2, 0.25) is 0 Å². The minimum absolute atomic E-state index is 0.0211. The number of amidine groups is 1. The Hall–Kier alpha value is -2.98. The zero-order valence-electron chi connectivity index (χ0n) is 17.3. The maximum absolute atomic E-state index is 12.4. The van der Waals surface area contributed by atoms with E-state index in [1.54, 1.807) is 0 Å². The average Bonchev–Trinajstić information content (AvgIpc) is 3.31. The van der Waals surface area contributed by atoms with Crippen LogP contribution in [0.1, 0.15) is 31.2 Å². The monoisotopic (exact) mass is 455 g/mol. The van der Waals surface area contributed by atoms with E-state index in [2.05, 4.69) is 21.0 Å². The number of fused-ring (bicyclic) bond motifs is 1. The molecular weight excluding hydrogens is 426 g/mol. The second-order valence-electron chi connectivity index (χ2n) is 7.56. The van der Waals surface area contributed by atoms with Gasteiger partial charge in [-0.3, -0.25) is 20.2 Å². The van der Waals surface area contributed by atoms with Gasteiger partial charge in [0.2, 0.25) is 0 Å². The van der Waals surface area contributed by atoms with E-state index in [0.29, 0.717) is 31.6 Å². The Morgan fingerprint density at radius 3 is 2.78 bits per heavy atom. The molecule has 32 heavy (non-hydrogen) atoms. The number of nitrogens with zero attached hydrogens (tertiary/aromatic N) is 3. The number of amides is 3. The van der Waals surface area contributed by atoms with E-state index < -0.39 is 49.1 Å². The van der Waals surface area contributed by atoms with E-state index >= 15 is 0 Å². The fourth-order valence-corrected chi connectivity index (χ4v) is 3.52. The summed E-state index contributed by atoms with van der Waals surface area (Å²) in [6, 6.07) is -1.42. The van der Waals surface area contributed by atoms with Gasteiger partial charge in [0, 0.05) is 6.54 Å². The van der Waals surface area contributed by atoms with Crippen LogP contribution in [0.4, 0.5) is 10.6 Å². The number of rotatable bonds is 9. The van der Waals surface area contributed by atoms with Crippen molar-refractivity contribution < 1.29 is 29.6 Å². The van der Waals surface area contributed by atoms with Crippen molar-refractivity contribution in [3.05, 3.63) is 12.0 Å². The molecule has 1 saturated heterocycles. The molecule has 15 nitrogen and oxygen atoms in total. The molecule has 0 saturated carbocycles. The Bertz CT molecular complexity index is 848. The molecule has 2 aliphatic heterocycles. The van der Waals surface area contributed by atoms with E-state index in [4.69, 9.17) is 21.6 Å². The smallest absolute Gasteiger partial charge is 0.312 e. The number of imidazole rings is 1. The highest BCUT2D eigenvalue weighted by atomic mass is 16.6. The summed E-state index contributed by atoms with van der Waals surface area (Å²) >= 11 is 0. The number of hydrogen-bond donors (Lipinski definition) is 9. The lowest BCUT2D eigenvalue weighted by molar-refractivity contribution is -0.125. The summed E-state index contributed by atoms with van der Waals surface area (Å²) in [6.07, 6.45) is -1.58. The number of hydrazine groups is 1. The standard InChI is InChI=1S/C17H29N9O6/c18-8(3-1-2-4-21-17(20)31)15(30)24-26-7-23-14-10(13(26)19)22-6-25(14)16-12(29)11(28)9(5-27)32-16/h6,8-9,11-12,16,19,23,27-29H,1-5,7,18H2,(H,24,30)(H3,20,21,31)/t8-,9+,11+,12+,16+/m0/s1. The van der Waals surface area contributed by atoms with Crippen LogP contribution in [0.25, 0.3) is 0 Å². The van der Waals surface area contributed by atoms with Gasteiger partial charge in [0.25, 0.3) is 5.91 Å². The molecular formula is C17H29N9O6. The van der Waals surface area contributed by atoms with Gasteiger partial charge in [-0.1, -0.05) is 0 Å². The van der Waals surface area contributed by atoms with Crippen molar-refractivity contribution in [3.63, 3.8) is 0 Å². The van der Waals surface area contributed by atoms with E-state index in [1.807, 2.05) is 0 Å². The number of carbonyl (C=O) groups is 2. The summed E-state index contributed by atoms with van der Waals surface area (Å²) in [5.74, 6) is -0.220. The van der Waals surface area contributed by atoms with Crippen LogP contribution in [0, 0.1) is 5.41 Å². The molecule has 178 valence electrons. The Kier molecular flexibility index (Phi) is 7.47. The molecule has 0 radical (unpaired) electrons. The molecule has 15 heteroatoms. The molecule has 11 N–H and O–H groups in total. The topological polar surface area (TPSA) is 237 Å². The van der Waals surface area contributed by atoms with Crippen LogP contribution in [-0.2, 0) is 9.53 Å². The van der Waals surface area contributed by atoms with Crippen molar-refractivity contribution >= 4 is 23.6 Å². The lowest BCUT2D eigenvalue weighted by Crippen LogP contribution is -2.55. The summed E-state index contributed by atoms with van der Waals surface area (Å²) in [4.78, 5) is 27.2. The first-order valence-electron chi connectivity index (χ1n) is 10.1. The van der Waals surface area contributed by atoms with Crippen molar-refractivity contribution in [2.24, 2.45) is 11.5 Å². The number of aliphatic hydroxyl groups is 3. The number of aromatic nitrogens is 2. The van der Waals surface area contributed by atoms with Crippen molar-refractivity contribution in [2.75, 3.05) is 25.1 Å². The molecule has 1 fully saturated rings. The molecule has 0 unspecified atom stereocenters. The zero-order valence-corrected chi connectivity index (χ0v) is 17.3. The number of ether oxygens (including phenoxy) is 1. The Balaban J connectivity index is 1.56. The molecule has 0 aromatic carbocycles. The summed E-state index contributed by atoms with van der Waals surface area (Å²) in [7, 11) is 0. The van der Waals surface area contributed by atoms with Gasteiger partial charge in [-0.2, -0.15) is 0 Å². The fraction of sp³-hybridized carbons (Fsp3) is 0.647. The average molecular weight is 455 g/mol. The first-order chi connectivity index (χ1) is 15.2. The Morgan fingerprint density at radius 1 is 1.38 bits per heavy atom. The fourth-order valence-electron chi connectivity index (χ4n) is 3.52. The summed E-state index contributed by atoms with van der Waals surface area (Å²) in [5, 5.41) is 44.5. The summed E-state index contributed by atoms with van der Waals surface area (Å²) in [5.41, 5.74) is 13.7. The third kappa shape index (κ3) is 4.91. The molecule has 0 aliphatic carbocycles. The van der Waals surface area contributed by atoms with E-state index in [-0.39, 0.29) is 18.2 Å². The predicted octanol–water partition coefficient (Wildman–Crippen LogP) is -3.30. The van der Waals surface area contributed by atoms with E-state index in [1.165, 1.54) is 15.9 Å². The lowest BCUT2D eigenvalue weighted by Gasteiger charge is -2.31. The number of primary amides is 1. The molecule has 1 aromatic heterocycles. The van der Waals surface area contributed by atoms with Crippen LogP contribution in [0.5, 0.6) is 0 Å². The summed E-state index contributed by atoms with van der Waals surface area (Å²) in [6.45, 7) is -0.0464. The quantitative estimate of drug-likeness (QED) is 0.168. The third-order valence-corrected chi connectivity index (χ3v) is 5.31. The molecule has 0 spiro atoms. The van der Waals surface area contributed by atoms with E-state index in [9.17, 15) is 24.9 Å². The van der Waals surface area contributed by atoms with Gasteiger partial charge in [0.15, 0.2) is 12.1 Å². The van der Waals surface area contributed by atoms with Crippen LogP contribution in [0.3, 0.4) is 0 Å². The van der Waals surface area contributed by atoms with Gasteiger partial charge < -0.3 is 42.2 Å². The normalized spacial score (nSPS) is 25.8. The van der Waals surface area contributed by atoms with Crippen LogP contribution >= 0.6 is 0 Å². The second-order valence-corrected chi connectivity index (χ2v) is 7.56. The summed E-state index contributed by atoms with van der Waals surface area (Å²) < 4.78 is 6.93. The highest BCUT2D eigenvalue weighted by Crippen LogP contribution is 2.33. The van der Waals surface area contributed by atoms with Gasteiger partial charge in [-0.25, -0.2) is 14.8 Å². The molecule has 3 amide bonds. The maximum Gasteiger partial charge on any atom is 0.312 e. The molecule has 3 heterocycles. The first kappa shape index (κ1) is 23.7. The number of anilines is 1. The van der Waals surface area contributed by atoms with E-state index in [0.717, 1.165) is 0 Å². The van der Waals surface area contributed by atoms with Gasteiger partial charge in [-0.05, 0) is 19.3 Å². The second kappa shape index (κ2) is 10.1. The number of urea groups is 1. The SMILES string of the molecule is N=C1c2ncn([C@@H]3O[C@H](CO)[C@@H](O)[C@H]3O)c2NCN1NC(=O)[C@@H](N)CCCCNC(N)=O. The van der Waals surface area contributed by atoms with Gasteiger partial charge >= 0.3 is 6.03 Å². The zero-order chi connectivity index (χ0) is 23.4. The first-order valence-corrected chi connectivity index (χ1v) is 10.1. The molecule has 5 atom stereocenters. The van der Waals surface area contributed by atoms with Crippen molar-refractivity contribution in [1.82, 2.24) is 25.3 Å². The Labute approximate surface area is 183 Å². The molecule has 3 rings (SSSR count). The van der Waals surface area contributed by atoms with Gasteiger partial charge in [0.1, 0.15) is 36.5 Å². The number of nitrogens with two attached hydrogens (primary N) is 2. The maximum atomic E-state index is 12.4. The van der Waals surface area contributed by atoms with Crippen LogP contribution < -0.4 is 27.5 Å². The van der Waals surface area contributed by atoms with Crippen molar-refractivity contribution in [2.45, 2.75) is 49.8 Å².